The zero-order valence-electron chi connectivity index (χ0n) is 13.1. The van der Waals surface area contributed by atoms with Gasteiger partial charge in [0.15, 0.2) is 0 Å². The van der Waals surface area contributed by atoms with E-state index in [0.717, 1.165) is 35.5 Å². The number of hydrogen-bond acceptors (Lipinski definition) is 2. The largest absolute Gasteiger partial charge is 0.351 e. The third kappa shape index (κ3) is 4.23. The zero-order chi connectivity index (χ0) is 15.4. The molecule has 2 atom stereocenters. The van der Waals surface area contributed by atoms with Crippen LogP contribution in [0.15, 0.2) is 24.3 Å². The molecule has 1 saturated carbocycles. The summed E-state index contributed by atoms with van der Waals surface area (Å²) in [6.07, 6.45) is 6.81. The van der Waals surface area contributed by atoms with Gasteiger partial charge in [-0.3, -0.25) is 9.69 Å². The second-order valence-electron chi connectivity index (χ2n) is 6.73. The summed E-state index contributed by atoms with van der Waals surface area (Å²) in [6, 6.07) is 7.63. The van der Waals surface area contributed by atoms with Gasteiger partial charge < -0.3 is 5.32 Å². The number of carbonyl (C=O) groups excluding carboxylic acids is 1. The number of halogens is 1. The molecule has 3 nitrogen and oxygen atoms in total. The van der Waals surface area contributed by atoms with Crippen molar-refractivity contribution < 1.29 is 4.79 Å². The van der Waals surface area contributed by atoms with Crippen molar-refractivity contribution in [1.82, 2.24) is 10.2 Å². The number of rotatable bonds is 4. The summed E-state index contributed by atoms with van der Waals surface area (Å²) in [4.78, 5) is 14.5. The van der Waals surface area contributed by atoms with Crippen molar-refractivity contribution in [2.24, 2.45) is 11.8 Å². The molecule has 22 heavy (non-hydrogen) atoms. The monoisotopic (exact) mass is 320 g/mol. The van der Waals surface area contributed by atoms with Gasteiger partial charge in [-0.25, -0.2) is 0 Å². The van der Waals surface area contributed by atoms with E-state index < -0.39 is 0 Å². The second-order valence-corrected chi connectivity index (χ2v) is 7.17. The minimum absolute atomic E-state index is 0.129. The van der Waals surface area contributed by atoms with Crippen LogP contribution in [-0.2, 0) is 11.3 Å². The average molecular weight is 321 g/mol. The van der Waals surface area contributed by atoms with Crippen LogP contribution >= 0.6 is 11.6 Å². The van der Waals surface area contributed by atoms with Gasteiger partial charge in [0, 0.05) is 18.1 Å². The number of amides is 1. The molecule has 4 heteroatoms. The van der Waals surface area contributed by atoms with Crippen molar-refractivity contribution in [2.45, 2.75) is 38.6 Å². The van der Waals surface area contributed by atoms with Gasteiger partial charge in [-0.15, -0.1) is 0 Å². The Labute approximate surface area is 138 Å². The lowest BCUT2D eigenvalue weighted by molar-refractivity contribution is -0.123. The number of nitrogens with one attached hydrogen (secondary N) is 1. The summed E-state index contributed by atoms with van der Waals surface area (Å²) < 4.78 is 0. The third-order valence-electron chi connectivity index (χ3n) is 5.15. The molecule has 1 aliphatic heterocycles. The number of likely N-dealkylation sites (tertiary alicyclic amines) is 1. The first-order chi connectivity index (χ1) is 10.7. The van der Waals surface area contributed by atoms with Crippen LogP contribution in [0.5, 0.6) is 0 Å². The Kier molecular flexibility index (Phi) is 5.37. The van der Waals surface area contributed by atoms with Gasteiger partial charge in [-0.2, -0.15) is 0 Å². The van der Waals surface area contributed by atoms with Gasteiger partial charge in [0.25, 0.3) is 0 Å². The van der Waals surface area contributed by atoms with Crippen LogP contribution in [0.4, 0.5) is 0 Å². The summed E-state index contributed by atoms with van der Waals surface area (Å²) in [5.41, 5.74) is 1.09. The van der Waals surface area contributed by atoms with E-state index in [1.165, 1.54) is 32.1 Å². The van der Waals surface area contributed by atoms with Crippen molar-refractivity contribution in [1.29, 1.82) is 0 Å². The molecule has 3 rings (SSSR count). The van der Waals surface area contributed by atoms with Crippen LogP contribution in [0.2, 0.25) is 5.02 Å². The van der Waals surface area contributed by atoms with Gasteiger partial charge in [-0.05, 0) is 48.9 Å². The van der Waals surface area contributed by atoms with Crippen molar-refractivity contribution in [3.63, 3.8) is 0 Å². The maximum Gasteiger partial charge on any atom is 0.234 e. The summed E-state index contributed by atoms with van der Waals surface area (Å²) in [7, 11) is 0. The quantitative estimate of drug-likeness (QED) is 0.921. The molecular weight excluding hydrogens is 296 g/mol. The highest BCUT2D eigenvalue weighted by atomic mass is 35.5. The van der Waals surface area contributed by atoms with E-state index in [2.05, 4.69) is 10.2 Å². The summed E-state index contributed by atoms with van der Waals surface area (Å²) in [6.45, 7) is 3.31. The fourth-order valence-corrected chi connectivity index (χ4v) is 4.01. The Morgan fingerprint density at radius 2 is 1.86 bits per heavy atom. The molecule has 1 saturated heterocycles. The fourth-order valence-electron chi connectivity index (χ4n) is 3.88. The molecule has 1 amide bonds. The van der Waals surface area contributed by atoms with Gasteiger partial charge in [0.2, 0.25) is 5.91 Å². The van der Waals surface area contributed by atoms with Crippen LogP contribution in [0.1, 0.15) is 37.7 Å². The fraction of sp³-hybridized carbons (Fsp3) is 0.611. The van der Waals surface area contributed by atoms with Crippen molar-refractivity contribution in [3.05, 3.63) is 34.9 Å². The number of hydrogen-bond donors (Lipinski definition) is 1. The predicted molar refractivity (Wildman–Crippen MR) is 89.8 cm³/mol. The van der Waals surface area contributed by atoms with E-state index in [9.17, 15) is 4.79 Å². The molecule has 0 bridgehead atoms. The summed E-state index contributed by atoms with van der Waals surface area (Å²) >= 11 is 5.87. The number of carbonyl (C=O) groups is 1. The first-order valence-corrected chi connectivity index (χ1v) is 8.82. The highest BCUT2D eigenvalue weighted by Gasteiger charge is 2.31. The van der Waals surface area contributed by atoms with E-state index in [-0.39, 0.29) is 5.91 Å². The van der Waals surface area contributed by atoms with E-state index >= 15 is 0 Å². The minimum Gasteiger partial charge on any atom is -0.351 e. The molecule has 2 aliphatic rings. The lowest BCUT2D eigenvalue weighted by atomic mass is 9.75. The third-order valence-corrected chi connectivity index (χ3v) is 5.40. The number of fused-ring (bicyclic) bond motifs is 1. The molecule has 1 aliphatic carbocycles. The Balaban J connectivity index is 1.42. The molecule has 1 aromatic rings. The van der Waals surface area contributed by atoms with Crippen LogP contribution in [0, 0.1) is 11.8 Å². The normalized spacial score (nSPS) is 25.5. The highest BCUT2D eigenvalue weighted by molar-refractivity contribution is 6.30. The lowest BCUT2D eigenvalue weighted by Gasteiger charge is -2.41. The van der Waals surface area contributed by atoms with Gasteiger partial charge in [-0.1, -0.05) is 43.0 Å². The number of piperidine rings is 1. The Morgan fingerprint density at radius 3 is 2.64 bits per heavy atom. The SMILES string of the molecule is O=C(CN1CC[C@H]2CCCC[C@@H]2C1)NCc1ccc(Cl)cc1. The van der Waals surface area contributed by atoms with Crippen LogP contribution in [0.25, 0.3) is 0 Å². The predicted octanol–water partition coefficient (Wildman–Crippen LogP) is 3.47. The topological polar surface area (TPSA) is 32.3 Å². The first-order valence-electron chi connectivity index (χ1n) is 8.44. The van der Waals surface area contributed by atoms with Crippen LogP contribution < -0.4 is 5.32 Å². The second kappa shape index (κ2) is 7.47. The highest BCUT2D eigenvalue weighted by Crippen LogP contribution is 2.35. The van der Waals surface area contributed by atoms with Crippen molar-refractivity contribution in [2.75, 3.05) is 19.6 Å². The first kappa shape index (κ1) is 15.8. The molecule has 1 heterocycles. The van der Waals surface area contributed by atoms with Crippen molar-refractivity contribution >= 4 is 17.5 Å². The molecule has 0 unspecified atom stereocenters. The number of nitrogens with zero attached hydrogens (tertiary/aromatic N) is 1. The lowest BCUT2D eigenvalue weighted by Crippen LogP contribution is -2.46. The molecular formula is C18H25ClN2O. The van der Waals surface area contributed by atoms with Gasteiger partial charge >= 0.3 is 0 Å². The molecule has 1 aromatic carbocycles. The van der Waals surface area contributed by atoms with Gasteiger partial charge in [0.1, 0.15) is 0 Å². The van der Waals surface area contributed by atoms with Crippen LogP contribution in [0.3, 0.4) is 0 Å². The van der Waals surface area contributed by atoms with E-state index in [0.29, 0.717) is 13.1 Å². The summed E-state index contributed by atoms with van der Waals surface area (Å²) in [5, 5.41) is 3.74. The molecule has 2 fully saturated rings. The Morgan fingerprint density at radius 1 is 1.14 bits per heavy atom. The average Bonchev–Trinajstić information content (AvgIpc) is 2.54. The van der Waals surface area contributed by atoms with E-state index in [1.54, 1.807) is 0 Å². The Hall–Kier alpha value is -1.06. The number of benzene rings is 1. The minimum atomic E-state index is 0.129. The zero-order valence-corrected chi connectivity index (χ0v) is 13.8. The maximum atomic E-state index is 12.1. The molecule has 1 N–H and O–H groups in total. The van der Waals surface area contributed by atoms with E-state index in [4.69, 9.17) is 11.6 Å². The molecule has 0 spiro atoms. The van der Waals surface area contributed by atoms with Crippen LogP contribution in [-0.4, -0.2) is 30.4 Å². The standard InChI is InChI=1S/C18H25ClN2O/c19-17-7-5-14(6-8-17)11-20-18(22)13-21-10-9-15-3-1-2-4-16(15)12-21/h5-8,15-16H,1-4,9-13H2,(H,20,22)/t15-,16-/m1/s1. The Bertz CT molecular complexity index is 502. The summed E-state index contributed by atoms with van der Waals surface area (Å²) in [5.74, 6) is 1.87. The van der Waals surface area contributed by atoms with Crippen molar-refractivity contribution in [3.8, 4) is 0 Å². The molecule has 0 aromatic heterocycles. The maximum absolute atomic E-state index is 12.1. The molecule has 120 valence electrons. The van der Waals surface area contributed by atoms with E-state index in [1.807, 2.05) is 24.3 Å². The van der Waals surface area contributed by atoms with Gasteiger partial charge in [0.05, 0.1) is 6.54 Å². The molecule has 0 radical (unpaired) electrons. The smallest absolute Gasteiger partial charge is 0.234 e.